The van der Waals surface area contributed by atoms with E-state index in [-0.39, 0.29) is 5.63 Å². The largest absolute Gasteiger partial charge is 0.495 e. The molecule has 0 bridgehead atoms. The van der Waals surface area contributed by atoms with Gasteiger partial charge in [-0.3, -0.25) is 0 Å². The highest BCUT2D eigenvalue weighted by Crippen LogP contribution is 2.36. The zero-order chi connectivity index (χ0) is 19.0. The van der Waals surface area contributed by atoms with Gasteiger partial charge in [0.1, 0.15) is 17.1 Å². The fraction of sp³-hybridized carbons (Fsp3) is 0.286. The van der Waals surface area contributed by atoms with E-state index in [2.05, 4.69) is 6.92 Å². The van der Waals surface area contributed by atoms with Gasteiger partial charge >= 0.3 is 5.63 Å². The number of hydrogen-bond acceptors (Lipinski definition) is 5. The molecule has 0 saturated heterocycles. The molecule has 140 valence electrons. The van der Waals surface area contributed by atoms with Gasteiger partial charge in [0.2, 0.25) is 0 Å². The van der Waals surface area contributed by atoms with E-state index >= 15 is 0 Å². The second-order valence-electron chi connectivity index (χ2n) is 6.55. The summed E-state index contributed by atoms with van der Waals surface area (Å²) in [5.41, 5.74) is 3.07. The molecule has 5 nitrogen and oxygen atoms in total. The number of rotatable bonds is 4. The summed E-state index contributed by atoms with van der Waals surface area (Å²) in [7, 11) is 1.59. The Hall–Kier alpha value is -2.66. The first-order valence-corrected chi connectivity index (χ1v) is 9.28. The molecule has 0 spiro atoms. The predicted molar refractivity (Wildman–Crippen MR) is 106 cm³/mol. The van der Waals surface area contributed by atoms with Crippen LogP contribution in [0.3, 0.4) is 0 Å². The summed E-state index contributed by atoms with van der Waals surface area (Å²) < 4.78 is 16.7. The Morgan fingerprint density at radius 1 is 1.22 bits per heavy atom. The molecule has 6 heteroatoms. The van der Waals surface area contributed by atoms with Gasteiger partial charge in [0.15, 0.2) is 6.73 Å². The van der Waals surface area contributed by atoms with Gasteiger partial charge in [-0.15, -0.1) is 0 Å². The number of aryl methyl sites for hydroxylation is 1. The third-order valence-corrected chi connectivity index (χ3v) is 5.10. The Bertz CT molecular complexity index is 1060. The number of fused-ring (bicyclic) bond motifs is 3. The van der Waals surface area contributed by atoms with Crippen LogP contribution in [0.1, 0.15) is 24.5 Å². The topological polar surface area (TPSA) is 51.9 Å². The molecular formula is C21H20ClNO4. The van der Waals surface area contributed by atoms with E-state index in [1.54, 1.807) is 13.2 Å². The van der Waals surface area contributed by atoms with Crippen molar-refractivity contribution in [2.75, 3.05) is 18.7 Å². The summed E-state index contributed by atoms with van der Waals surface area (Å²) >= 11 is 6.27. The minimum absolute atomic E-state index is 0.330. The van der Waals surface area contributed by atoms with E-state index in [1.807, 2.05) is 35.2 Å². The molecule has 0 aliphatic carbocycles. The maximum atomic E-state index is 12.1. The highest BCUT2D eigenvalue weighted by molar-refractivity contribution is 6.32. The van der Waals surface area contributed by atoms with E-state index in [0.717, 1.165) is 40.8 Å². The number of anilines is 1. The molecule has 2 aromatic carbocycles. The standard InChI is InChI=1S/C21H20ClNO4/c1-3-4-13-9-20(24)27-21-15(13)6-8-18-16(21)11-23(12-26-18)14-5-7-19(25-2)17(22)10-14/h5-10H,3-4,11-12H2,1-2H3. The molecule has 0 N–H and O–H groups in total. The van der Waals surface area contributed by atoms with Crippen LogP contribution in [-0.4, -0.2) is 13.8 Å². The van der Waals surface area contributed by atoms with Crippen molar-refractivity contribution in [2.24, 2.45) is 0 Å². The van der Waals surface area contributed by atoms with E-state index in [0.29, 0.717) is 29.6 Å². The summed E-state index contributed by atoms with van der Waals surface area (Å²) in [6, 6.07) is 11.1. The smallest absolute Gasteiger partial charge is 0.336 e. The second kappa shape index (κ2) is 7.16. The first kappa shape index (κ1) is 17.7. The number of nitrogens with zero attached hydrogens (tertiary/aromatic N) is 1. The van der Waals surface area contributed by atoms with Crippen LogP contribution < -0.4 is 20.0 Å². The number of hydrogen-bond donors (Lipinski definition) is 0. The SMILES string of the molecule is CCCc1cc(=O)oc2c3c(ccc12)OCN(c1ccc(OC)c(Cl)c1)C3. The van der Waals surface area contributed by atoms with Gasteiger partial charge in [-0.2, -0.15) is 0 Å². The van der Waals surface area contributed by atoms with Crippen LogP contribution in [0, 0.1) is 0 Å². The summed E-state index contributed by atoms with van der Waals surface area (Å²) in [5.74, 6) is 1.37. The lowest BCUT2D eigenvalue weighted by Crippen LogP contribution is -2.32. The van der Waals surface area contributed by atoms with Crippen molar-refractivity contribution >= 4 is 28.3 Å². The average molecular weight is 386 g/mol. The van der Waals surface area contributed by atoms with Gasteiger partial charge in [-0.25, -0.2) is 4.79 Å². The fourth-order valence-electron chi connectivity index (χ4n) is 3.49. The maximum absolute atomic E-state index is 12.1. The van der Waals surface area contributed by atoms with Gasteiger partial charge in [0, 0.05) is 17.1 Å². The van der Waals surface area contributed by atoms with Crippen molar-refractivity contribution in [1.29, 1.82) is 0 Å². The van der Waals surface area contributed by atoms with Gasteiger partial charge in [0.25, 0.3) is 0 Å². The van der Waals surface area contributed by atoms with Crippen molar-refractivity contribution in [3.63, 3.8) is 0 Å². The first-order valence-electron chi connectivity index (χ1n) is 8.90. The van der Waals surface area contributed by atoms with E-state index < -0.39 is 0 Å². The van der Waals surface area contributed by atoms with Crippen LogP contribution in [-0.2, 0) is 13.0 Å². The molecule has 3 aromatic rings. The molecule has 1 aliphatic rings. The van der Waals surface area contributed by atoms with Gasteiger partial charge in [-0.1, -0.05) is 24.9 Å². The van der Waals surface area contributed by atoms with Crippen LogP contribution in [0.4, 0.5) is 5.69 Å². The molecule has 2 heterocycles. The summed E-state index contributed by atoms with van der Waals surface area (Å²) in [5, 5.41) is 1.50. The Morgan fingerprint density at radius 2 is 2.07 bits per heavy atom. The molecule has 0 atom stereocenters. The molecule has 4 rings (SSSR count). The van der Waals surface area contributed by atoms with Crippen molar-refractivity contribution in [1.82, 2.24) is 0 Å². The Balaban J connectivity index is 1.78. The highest BCUT2D eigenvalue weighted by Gasteiger charge is 2.23. The number of benzene rings is 2. The lowest BCUT2D eigenvalue weighted by molar-refractivity contribution is 0.289. The molecule has 1 aliphatic heterocycles. The number of methoxy groups -OCH3 is 1. The molecule has 0 saturated carbocycles. The quantitative estimate of drug-likeness (QED) is 0.606. The second-order valence-corrected chi connectivity index (χ2v) is 6.96. The molecule has 0 radical (unpaired) electrons. The Labute approximate surface area is 162 Å². The average Bonchev–Trinajstić information content (AvgIpc) is 2.67. The molecular weight excluding hydrogens is 366 g/mol. The highest BCUT2D eigenvalue weighted by atomic mass is 35.5. The molecule has 0 unspecified atom stereocenters. The van der Waals surface area contributed by atoms with E-state index in [4.69, 9.17) is 25.5 Å². The lowest BCUT2D eigenvalue weighted by Gasteiger charge is -2.31. The summed E-state index contributed by atoms with van der Waals surface area (Å²) in [6.07, 6.45) is 1.79. The Morgan fingerprint density at radius 3 is 2.81 bits per heavy atom. The van der Waals surface area contributed by atoms with Gasteiger partial charge in [0.05, 0.1) is 24.2 Å². The molecule has 0 fully saturated rings. The van der Waals surface area contributed by atoms with Crippen molar-refractivity contribution in [2.45, 2.75) is 26.3 Å². The maximum Gasteiger partial charge on any atom is 0.336 e. The fourth-order valence-corrected chi connectivity index (χ4v) is 3.74. The van der Waals surface area contributed by atoms with Crippen molar-refractivity contribution in [3.8, 4) is 11.5 Å². The monoisotopic (exact) mass is 385 g/mol. The third kappa shape index (κ3) is 3.23. The van der Waals surface area contributed by atoms with Crippen LogP contribution >= 0.6 is 11.6 Å². The summed E-state index contributed by atoms with van der Waals surface area (Å²) in [4.78, 5) is 14.1. The normalized spacial score (nSPS) is 13.4. The van der Waals surface area contributed by atoms with Crippen LogP contribution in [0.25, 0.3) is 11.0 Å². The van der Waals surface area contributed by atoms with Gasteiger partial charge in [-0.05, 0) is 42.3 Å². The number of ether oxygens (including phenoxy) is 2. The number of halogens is 1. The zero-order valence-corrected chi connectivity index (χ0v) is 16.0. The lowest BCUT2D eigenvalue weighted by atomic mass is 10.0. The van der Waals surface area contributed by atoms with E-state index in [1.165, 1.54) is 0 Å². The van der Waals surface area contributed by atoms with Crippen molar-refractivity contribution in [3.05, 3.63) is 63.0 Å². The Kier molecular flexibility index (Phi) is 4.70. The zero-order valence-electron chi connectivity index (χ0n) is 15.3. The molecule has 27 heavy (non-hydrogen) atoms. The summed E-state index contributed by atoms with van der Waals surface area (Å²) in [6.45, 7) is 3.05. The predicted octanol–water partition coefficient (Wildman–Crippen LogP) is 4.76. The first-order chi connectivity index (χ1) is 13.1. The minimum atomic E-state index is -0.330. The van der Waals surface area contributed by atoms with Crippen molar-refractivity contribution < 1.29 is 13.9 Å². The third-order valence-electron chi connectivity index (χ3n) is 4.80. The van der Waals surface area contributed by atoms with E-state index in [9.17, 15) is 4.79 Å². The van der Waals surface area contributed by atoms with Crippen LogP contribution in [0.15, 0.2) is 45.6 Å². The minimum Gasteiger partial charge on any atom is -0.495 e. The van der Waals surface area contributed by atoms with Gasteiger partial charge < -0.3 is 18.8 Å². The molecule has 1 aromatic heterocycles. The van der Waals surface area contributed by atoms with Crippen LogP contribution in [0.5, 0.6) is 11.5 Å². The van der Waals surface area contributed by atoms with Crippen LogP contribution in [0.2, 0.25) is 5.02 Å². The molecule has 0 amide bonds.